The number of hydrogen-bond acceptors (Lipinski definition) is 10. The van der Waals surface area contributed by atoms with Crippen LogP contribution in [0.2, 0.25) is 0 Å². The number of benzene rings is 2. The van der Waals surface area contributed by atoms with E-state index in [1.807, 2.05) is 6.07 Å². The van der Waals surface area contributed by atoms with E-state index in [4.69, 9.17) is 4.74 Å². The molecule has 13 nitrogen and oxygen atoms in total. The fraction of sp³-hybridized carbons (Fsp3) is 0.459. The van der Waals surface area contributed by atoms with Gasteiger partial charge in [-0.2, -0.15) is 9.57 Å². The molecule has 0 aliphatic carbocycles. The second kappa shape index (κ2) is 13.7. The molecule has 1 amide bonds. The standard InChI is InChI=1S/C37H44FN9O4S/c1-25(44-10-12-46(13-11-44)52(5,49)50)18-47-29(16-39)15-30-26(2)27(6-8-32(30)47)19-43-20-37(21-43)22-45(23-37)35-34(17-40-24-41-35)51-33-9-7-28(38)14-31(33)36(48)42(3)4/h6-9,14-15,17,24-25H,10-13,18-23H2,1-5H3. The monoisotopic (exact) mass is 729 g/mol. The van der Waals surface area contributed by atoms with Crippen LogP contribution >= 0.6 is 0 Å². The largest absolute Gasteiger partial charge is 0.451 e. The molecule has 1 spiro atoms. The van der Waals surface area contributed by atoms with Crippen molar-refractivity contribution in [1.29, 1.82) is 5.26 Å². The Kier molecular flexibility index (Phi) is 9.45. The number of carbonyl (C=O) groups is 1. The fourth-order valence-electron chi connectivity index (χ4n) is 7.94. The molecule has 2 aromatic heterocycles. The number of nitrogens with zero attached hydrogens (tertiary/aromatic N) is 9. The summed E-state index contributed by atoms with van der Waals surface area (Å²) in [7, 11) is 0.0214. The van der Waals surface area contributed by atoms with Crippen molar-refractivity contribution in [2.75, 3.05) is 77.6 Å². The number of piperazine rings is 1. The lowest BCUT2D eigenvalue weighted by Crippen LogP contribution is -2.72. The highest BCUT2D eigenvalue weighted by molar-refractivity contribution is 7.88. The zero-order valence-corrected chi connectivity index (χ0v) is 31.0. The van der Waals surface area contributed by atoms with Gasteiger partial charge in [-0.25, -0.2) is 22.8 Å². The Balaban J connectivity index is 0.982. The van der Waals surface area contributed by atoms with E-state index in [-0.39, 0.29) is 28.7 Å². The minimum absolute atomic E-state index is 0.125. The van der Waals surface area contributed by atoms with Crippen molar-refractivity contribution in [3.8, 4) is 17.6 Å². The maximum atomic E-state index is 14.0. The van der Waals surface area contributed by atoms with Crippen LogP contribution in [0.3, 0.4) is 0 Å². The van der Waals surface area contributed by atoms with Gasteiger partial charge in [-0.15, -0.1) is 0 Å². The maximum absolute atomic E-state index is 14.0. The highest BCUT2D eigenvalue weighted by atomic mass is 32.2. The van der Waals surface area contributed by atoms with E-state index < -0.39 is 15.8 Å². The first-order valence-electron chi connectivity index (χ1n) is 17.4. The number of anilines is 1. The number of sulfonamides is 1. The minimum Gasteiger partial charge on any atom is -0.451 e. The number of aryl methyl sites for hydroxylation is 1. The number of fused-ring (bicyclic) bond motifs is 1. The Hall–Kier alpha value is -4.62. The molecule has 3 fully saturated rings. The first kappa shape index (κ1) is 35.8. The number of hydrogen-bond donors (Lipinski definition) is 0. The molecule has 1 atom stereocenters. The molecule has 5 heterocycles. The Labute approximate surface area is 303 Å². The lowest BCUT2D eigenvalue weighted by atomic mass is 9.72. The van der Waals surface area contributed by atoms with E-state index in [9.17, 15) is 22.9 Å². The van der Waals surface area contributed by atoms with Gasteiger partial charge in [0.25, 0.3) is 5.91 Å². The zero-order valence-electron chi connectivity index (χ0n) is 30.2. The predicted molar refractivity (Wildman–Crippen MR) is 195 cm³/mol. The number of aromatic nitrogens is 3. The Morgan fingerprint density at radius 3 is 2.48 bits per heavy atom. The highest BCUT2D eigenvalue weighted by Gasteiger charge is 2.52. The second-order valence-corrected chi connectivity index (χ2v) is 16.7. The van der Waals surface area contributed by atoms with Crippen LogP contribution in [-0.4, -0.2) is 127 Å². The summed E-state index contributed by atoms with van der Waals surface area (Å²) in [5, 5.41) is 11.1. The van der Waals surface area contributed by atoms with Crippen LogP contribution in [0.1, 0.15) is 34.1 Å². The molecule has 4 aromatic rings. The van der Waals surface area contributed by atoms with Crippen molar-refractivity contribution < 1.29 is 22.3 Å². The Morgan fingerprint density at radius 1 is 1.08 bits per heavy atom. The van der Waals surface area contributed by atoms with Crippen molar-refractivity contribution in [3.63, 3.8) is 0 Å². The summed E-state index contributed by atoms with van der Waals surface area (Å²) in [6.45, 7) is 11.5. The van der Waals surface area contributed by atoms with E-state index in [1.54, 1.807) is 20.3 Å². The Bertz CT molecular complexity index is 2160. The molecule has 0 saturated carbocycles. The molecule has 2 aromatic carbocycles. The van der Waals surface area contributed by atoms with Gasteiger partial charge in [-0.3, -0.25) is 14.6 Å². The molecule has 3 aliphatic heterocycles. The minimum atomic E-state index is -3.19. The lowest BCUT2D eigenvalue weighted by Gasteiger charge is -2.60. The van der Waals surface area contributed by atoms with Crippen molar-refractivity contribution in [3.05, 3.63) is 77.1 Å². The van der Waals surface area contributed by atoms with Gasteiger partial charge in [-0.05, 0) is 55.3 Å². The quantitative estimate of drug-likeness (QED) is 0.239. The van der Waals surface area contributed by atoms with Crippen molar-refractivity contribution in [2.45, 2.75) is 33.0 Å². The highest BCUT2D eigenvalue weighted by Crippen LogP contribution is 2.45. The normalized spacial score (nSPS) is 18.5. The van der Waals surface area contributed by atoms with Gasteiger partial charge in [0, 0.05) is 102 Å². The molecule has 0 bridgehead atoms. The summed E-state index contributed by atoms with van der Waals surface area (Å²) in [6.07, 6.45) is 4.30. The molecule has 274 valence electrons. The predicted octanol–water partition coefficient (Wildman–Crippen LogP) is 3.53. The van der Waals surface area contributed by atoms with Crippen LogP contribution in [0.5, 0.6) is 11.5 Å². The number of ether oxygens (including phenoxy) is 1. The fourth-order valence-corrected chi connectivity index (χ4v) is 8.77. The van der Waals surface area contributed by atoms with Crippen LogP contribution in [0.4, 0.5) is 10.2 Å². The van der Waals surface area contributed by atoms with Crippen molar-refractivity contribution in [1.82, 2.24) is 33.5 Å². The molecular formula is C37H44FN9O4S. The van der Waals surface area contributed by atoms with Gasteiger partial charge in [-0.1, -0.05) is 6.07 Å². The number of carbonyl (C=O) groups excluding carboxylic acids is 1. The summed E-state index contributed by atoms with van der Waals surface area (Å²) >= 11 is 0. The summed E-state index contributed by atoms with van der Waals surface area (Å²) in [6, 6.07) is 12.7. The third-order valence-corrected chi connectivity index (χ3v) is 12.0. The van der Waals surface area contributed by atoms with Gasteiger partial charge in [0.1, 0.15) is 29.7 Å². The summed E-state index contributed by atoms with van der Waals surface area (Å²) in [4.78, 5) is 29.7. The summed E-state index contributed by atoms with van der Waals surface area (Å²) in [5.41, 5.74) is 4.34. The first-order valence-corrected chi connectivity index (χ1v) is 19.3. The first-order chi connectivity index (χ1) is 24.7. The number of amides is 1. The van der Waals surface area contributed by atoms with Gasteiger partial charge in [0.15, 0.2) is 11.6 Å². The molecule has 15 heteroatoms. The van der Waals surface area contributed by atoms with Gasteiger partial charge in [0.2, 0.25) is 10.0 Å². The number of nitriles is 1. The smallest absolute Gasteiger partial charge is 0.257 e. The van der Waals surface area contributed by atoms with Crippen molar-refractivity contribution in [2.24, 2.45) is 5.41 Å². The van der Waals surface area contributed by atoms with Crippen LogP contribution in [-0.2, 0) is 23.1 Å². The third-order valence-electron chi connectivity index (χ3n) is 10.7. The van der Waals surface area contributed by atoms with E-state index in [0.717, 1.165) is 43.6 Å². The molecule has 0 radical (unpaired) electrons. The molecular weight excluding hydrogens is 686 g/mol. The van der Waals surface area contributed by atoms with Gasteiger partial charge in [0.05, 0.1) is 18.0 Å². The summed E-state index contributed by atoms with van der Waals surface area (Å²) in [5.74, 6) is 0.398. The molecule has 3 aliphatic rings. The number of rotatable bonds is 10. The molecule has 3 saturated heterocycles. The average Bonchev–Trinajstić information content (AvgIpc) is 3.44. The Morgan fingerprint density at radius 2 is 1.81 bits per heavy atom. The summed E-state index contributed by atoms with van der Waals surface area (Å²) < 4.78 is 47.7. The van der Waals surface area contributed by atoms with E-state index >= 15 is 0 Å². The van der Waals surface area contributed by atoms with Crippen LogP contribution < -0.4 is 9.64 Å². The van der Waals surface area contributed by atoms with Crippen LogP contribution in [0.25, 0.3) is 10.9 Å². The molecule has 1 unspecified atom stereocenters. The van der Waals surface area contributed by atoms with Crippen LogP contribution in [0.15, 0.2) is 48.9 Å². The third kappa shape index (κ3) is 6.83. The number of likely N-dealkylation sites (tertiary alicyclic amines) is 1. The van der Waals surface area contributed by atoms with E-state index in [0.29, 0.717) is 50.0 Å². The maximum Gasteiger partial charge on any atom is 0.257 e. The second-order valence-electron chi connectivity index (χ2n) is 14.7. The zero-order chi connectivity index (χ0) is 36.9. The molecule has 52 heavy (non-hydrogen) atoms. The average molecular weight is 730 g/mol. The molecule has 0 N–H and O–H groups in total. The molecule has 7 rings (SSSR count). The van der Waals surface area contributed by atoms with E-state index in [2.05, 4.69) is 61.3 Å². The SMILES string of the molecule is Cc1c(CN2CC3(C2)CN(c2ncncc2Oc2ccc(F)cc2C(=O)N(C)C)C3)ccc2c1cc(C#N)n2CC(C)N1CCN(S(C)(=O)=O)CC1. The van der Waals surface area contributed by atoms with Crippen LogP contribution in [0, 0.1) is 29.5 Å². The van der Waals surface area contributed by atoms with Crippen molar-refractivity contribution >= 4 is 32.7 Å². The van der Waals surface area contributed by atoms with Gasteiger partial charge < -0.3 is 19.1 Å². The van der Waals surface area contributed by atoms with E-state index in [1.165, 1.54) is 51.1 Å². The lowest BCUT2D eigenvalue weighted by molar-refractivity contribution is -0.0278. The number of halogens is 1. The topological polar surface area (TPSA) is 131 Å². The van der Waals surface area contributed by atoms with Gasteiger partial charge >= 0.3 is 0 Å².